The Morgan fingerprint density at radius 2 is 2.05 bits per heavy atom. The lowest BCUT2D eigenvalue weighted by Gasteiger charge is -2.31. The summed E-state index contributed by atoms with van der Waals surface area (Å²) in [6, 6.07) is 0. The van der Waals surface area contributed by atoms with Gasteiger partial charge in [0.2, 0.25) is 6.10 Å². The van der Waals surface area contributed by atoms with Crippen molar-refractivity contribution in [3.8, 4) is 0 Å². The predicted octanol–water partition coefficient (Wildman–Crippen LogP) is 3.60. The van der Waals surface area contributed by atoms with Crippen LogP contribution >= 0.6 is 11.3 Å². The number of aryl methyl sites for hydroxylation is 1. The molecule has 0 aliphatic heterocycles. The van der Waals surface area contributed by atoms with E-state index in [1.54, 1.807) is 10.9 Å². The van der Waals surface area contributed by atoms with Crippen LogP contribution in [-0.4, -0.2) is 23.2 Å². The molecule has 0 fully saturated rings. The maximum atomic E-state index is 12.8. The Kier molecular flexibility index (Phi) is 4.95. The monoisotopic (exact) mass is 295 g/mol. The summed E-state index contributed by atoms with van der Waals surface area (Å²) in [5, 5.41) is 1.75. The number of halogens is 3. The van der Waals surface area contributed by atoms with E-state index in [9.17, 15) is 18.0 Å². The van der Waals surface area contributed by atoms with Gasteiger partial charge in [-0.15, -0.1) is 11.3 Å². The van der Waals surface area contributed by atoms with Crippen molar-refractivity contribution in [2.24, 2.45) is 5.41 Å². The molecule has 1 atom stereocenters. The number of alkyl halides is 3. The Bertz CT molecular complexity index is 396. The van der Waals surface area contributed by atoms with E-state index in [-0.39, 0.29) is 12.8 Å². The minimum atomic E-state index is -4.56. The van der Waals surface area contributed by atoms with E-state index in [0.717, 1.165) is 0 Å². The molecule has 3 nitrogen and oxygen atoms in total. The SMILES string of the molecule is CC(C)(C)C(OC(=O)CCc1cscn1)C(F)(F)F. The van der Waals surface area contributed by atoms with Gasteiger partial charge >= 0.3 is 12.1 Å². The summed E-state index contributed by atoms with van der Waals surface area (Å²) in [4.78, 5) is 15.4. The van der Waals surface area contributed by atoms with Crippen molar-refractivity contribution in [2.75, 3.05) is 0 Å². The molecular weight excluding hydrogens is 279 g/mol. The van der Waals surface area contributed by atoms with Crippen LogP contribution in [0.15, 0.2) is 10.9 Å². The second kappa shape index (κ2) is 5.90. The summed E-state index contributed by atoms with van der Waals surface area (Å²) in [5.74, 6) is -0.856. The summed E-state index contributed by atoms with van der Waals surface area (Å²) in [6.45, 7) is 4.16. The Hall–Kier alpha value is -1.11. The fraction of sp³-hybridized carbons (Fsp3) is 0.667. The molecule has 1 aromatic rings. The molecule has 1 heterocycles. The van der Waals surface area contributed by atoms with Gasteiger partial charge in [0.15, 0.2) is 0 Å². The molecule has 0 saturated carbocycles. The number of nitrogens with zero attached hydrogens (tertiary/aromatic N) is 1. The minimum Gasteiger partial charge on any atom is -0.452 e. The molecule has 1 aromatic heterocycles. The lowest BCUT2D eigenvalue weighted by atomic mass is 9.88. The van der Waals surface area contributed by atoms with E-state index in [2.05, 4.69) is 9.72 Å². The van der Waals surface area contributed by atoms with Gasteiger partial charge in [-0.25, -0.2) is 4.98 Å². The Labute approximate surface area is 113 Å². The van der Waals surface area contributed by atoms with Crippen molar-refractivity contribution >= 4 is 17.3 Å². The molecule has 0 aromatic carbocycles. The van der Waals surface area contributed by atoms with E-state index < -0.39 is 23.7 Å². The van der Waals surface area contributed by atoms with E-state index in [0.29, 0.717) is 5.69 Å². The average molecular weight is 295 g/mol. The normalized spacial score (nSPS) is 14.2. The first kappa shape index (κ1) is 15.9. The van der Waals surface area contributed by atoms with Gasteiger partial charge < -0.3 is 4.74 Å². The summed E-state index contributed by atoms with van der Waals surface area (Å²) in [5.41, 5.74) is 1.10. The highest BCUT2D eigenvalue weighted by atomic mass is 32.1. The molecule has 1 rings (SSSR count). The van der Waals surface area contributed by atoms with Crippen LogP contribution in [0.1, 0.15) is 32.9 Å². The van der Waals surface area contributed by atoms with Gasteiger partial charge in [0.05, 0.1) is 17.6 Å². The summed E-state index contributed by atoms with van der Waals surface area (Å²) >= 11 is 1.37. The Morgan fingerprint density at radius 3 is 2.47 bits per heavy atom. The van der Waals surface area contributed by atoms with Crippen molar-refractivity contribution in [2.45, 2.75) is 45.9 Å². The van der Waals surface area contributed by atoms with E-state index in [1.807, 2.05) is 0 Å². The summed E-state index contributed by atoms with van der Waals surface area (Å²) in [6.07, 6.45) is -6.47. The number of hydrogen-bond donors (Lipinski definition) is 0. The fourth-order valence-electron chi connectivity index (χ4n) is 1.52. The number of thiazole rings is 1. The van der Waals surface area contributed by atoms with Gasteiger partial charge in [-0.05, 0) is 0 Å². The molecule has 1 unspecified atom stereocenters. The van der Waals surface area contributed by atoms with Gasteiger partial charge in [0.25, 0.3) is 0 Å². The van der Waals surface area contributed by atoms with Crippen LogP contribution in [0.2, 0.25) is 0 Å². The molecule has 0 spiro atoms. The zero-order valence-corrected chi connectivity index (χ0v) is 11.8. The first-order valence-corrected chi connectivity index (χ1v) is 6.68. The third-order valence-electron chi connectivity index (χ3n) is 2.40. The lowest BCUT2D eigenvalue weighted by Crippen LogP contribution is -2.43. The van der Waals surface area contributed by atoms with Crippen LogP contribution in [0.3, 0.4) is 0 Å². The number of ether oxygens (including phenoxy) is 1. The molecule has 0 aliphatic carbocycles. The van der Waals surface area contributed by atoms with Crippen LogP contribution in [0.4, 0.5) is 13.2 Å². The van der Waals surface area contributed by atoms with Crippen molar-refractivity contribution in [3.63, 3.8) is 0 Å². The van der Waals surface area contributed by atoms with Crippen molar-refractivity contribution in [1.82, 2.24) is 4.98 Å². The number of carbonyl (C=O) groups is 1. The van der Waals surface area contributed by atoms with E-state index in [1.165, 1.54) is 32.1 Å². The molecule has 0 N–H and O–H groups in total. The van der Waals surface area contributed by atoms with Crippen LogP contribution < -0.4 is 0 Å². The molecule has 108 valence electrons. The zero-order valence-electron chi connectivity index (χ0n) is 11.0. The smallest absolute Gasteiger partial charge is 0.426 e. The van der Waals surface area contributed by atoms with Crippen LogP contribution in [0, 0.1) is 5.41 Å². The van der Waals surface area contributed by atoms with Crippen LogP contribution in [0.25, 0.3) is 0 Å². The van der Waals surface area contributed by atoms with Crippen LogP contribution in [0.5, 0.6) is 0 Å². The number of carbonyl (C=O) groups excluding carboxylic acids is 1. The van der Waals surface area contributed by atoms with Crippen molar-refractivity contribution in [1.29, 1.82) is 0 Å². The third kappa shape index (κ3) is 5.18. The highest BCUT2D eigenvalue weighted by molar-refractivity contribution is 7.07. The first-order valence-electron chi connectivity index (χ1n) is 5.74. The molecule has 0 amide bonds. The molecular formula is C12H16F3NO2S. The molecule has 19 heavy (non-hydrogen) atoms. The van der Waals surface area contributed by atoms with Gasteiger partial charge in [-0.1, -0.05) is 20.8 Å². The minimum absolute atomic E-state index is 0.105. The van der Waals surface area contributed by atoms with Gasteiger partial charge in [-0.2, -0.15) is 13.2 Å². The first-order chi connectivity index (χ1) is 8.60. The highest BCUT2D eigenvalue weighted by Crippen LogP contribution is 2.36. The lowest BCUT2D eigenvalue weighted by molar-refractivity contribution is -0.244. The standard InChI is InChI=1S/C12H16F3NO2S/c1-11(2,3)10(12(13,14)15)18-9(17)5-4-8-6-19-7-16-8/h6-7,10H,4-5H2,1-3H3. The largest absolute Gasteiger partial charge is 0.452 e. The second-order valence-electron chi connectivity index (χ2n) is 5.26. The Morgan fingerprint density at radius 1 is 1.42 bits per heavy atom. The van der Waals surface area contributed by atoms with Crippen LogP contribution in [-0.2, 0) is 16.0 Å². The second-order valence-corrected chi connectivity index (χ2v) is 5.98. The molecule has 7 heteroatoms. The topological polar surface area (TPSA) is 39.2 Å². The highest BCUT2D eigenvalue weighted by Gasteiger charge is 2.49. The summed E-state index contributed by atoms with van der Waals surface area (Å²) < 4.78 is 43.0. The molecule has 0 aliphatic rings. The maximum Gasteiger partial charge on any atom is 0.426 e. The number of aromatic nitrogens is 1. The fourth-order valence-corrected chi connectivity index (χ4v) is 2.11. The van der Waals surface area contributed by atoms with Gasteiger partial charge in [0.1, 0.15) is 0 Å². The predicted molar refractivity (Wildman–Crippen MR) is 65.8 cm³/mol. The Balaban J connectivity index is 2.57. The van der Waals surface area contributed by atoms with E-state index in [4.69, 9.17) is 0 Å². The average Bonchev–Trinajstić information content (AvgIpc) is 2.72. The number of esters is 1. The van der Waals surface area contributed by atoms with E-state index >= 15 is 0 Å². The van der Waals surface area contributed by atoms with Crippen molar-refractivity contribution in [3.05, 3.63) is 16.6 Å². The van der Waals surface area contributed by atoms with Gasteiger partial charge in [0, 0.05) is 17.2 Å². The molecule has 0 radical (unpaired) electrons. The van der Waals surface area contributed by atoms with Gasteiger partial charge in [-0.3, -0.25) is 4.79 Å². The quantitative estimate of drug-likeness (QED) is 0.797. The molecule has 0 saturated heterocycles. The number of hydrogen-bond acceptors (Lipinski definition) is 4. The maximum absolute atomic E-state index is 12.8. The third-order valence-corrected chi connectivity index (χ3v) is 3.04. The summed E-state index contributed by atoms with van der Waals surface area (Å²) in [7, 11) is 0. The molecule has 0 bridgehead atoms. The number of rotatable bonds is 4. The van der Waals surface area contributed by atoms with Crippen molar-refractivity contribution < 1.29 is 22.7 Å². The zero-order chi connectivity index (χ0) is 14.7.